The SMILES string of the molecule is C[CH]Cc1cccc(Br)c1. The van der Waals surface area contributed by atoms with Crippen LogP contribution >= 0.6 is 15.9 Å². The maximum Gasteiger partial charge on any atom is 0.0177 e. The zero-order valence-electron chi connectivity index (χ0n) is 5.97. The molecule has 0 amide bonds. The van der Waals surface area contributed by atoms with Crippen molar-refractivity contribution in [3.8, 4) is 0 Å². The van der Waals surface area contributed by atoms with Crippen LogP contribution in [0.4, 0.5) is 0 Å². The van der Waals surface area contributed by atoms with Crippen LogP contribution in [-0.4, -0.2) is 0 Å². The molecule has 0 heterocycles. The quantitative estimate of drug-likeness (QED) is 0.684. The Kier molecular flexibility index (Phi) is 2.94. The molecule has 0 spiro atoms. The molecule has 0 saturated heterocycles. The first-order valence-electron chi connectivity index (χ1n) is 3.35. The van der Waals surface area contributed by atoms with Crippen LogP contribution in [0.3, 0.4) is 0 Å². The molecule has 1 rings (SSSR count). The summed E-state index contributed by atoms with van der Waals surface area (Å²) < 4.78 is 1.16. The van der Waals surface area contributed by atoms with E-state index in [1.54, 1.807) is 0 Å². The summed E-state index contributed by atoms with van der Waals surface area (Å²) in [5, 5.41) is 0. The van der Waals surface area contributed by atoms with Gasteiger partial charge < -0.3 is 0 Å². The van der Waals surface area contributed by atoms with Gasteiger partial charge in [0.1, 0.15) is 0 Å². The van der Waals surface area contributed by atoms with E-state index in [2.05, 4.69) is 47.5 Å². The zero-order valence-corrected chi connectivity index (χ0v) is 7.56. The lowest BCUT2D eigenvalue weighted by Gasteiger charge is -1.96. The van der Waals surface area contributed by atoms with E-state index in [0.717, 1.165) is 10.9 Å². The molecule has 1 heteroatoms. The van der Waals surface area contributed by atoms with Gasteiger partial charge in [-0.15, -0.1) is 0 Å². The molecule has 0 nitrogen and oxygen atoms in total. The minimum Gasteiger partial charge on any atom is -0.0619 e. The first kappa shape index (κ1) is 7.80. The van der Waals surface area contributed by atoms with Crippen LogP contribution in [-0.2, 0) is 6.42 Å². The van der Waals surface area contributed by atoms with Crippen molar-refractivity contribution < 1.29 is 0 Å². The highest BCUT2D eigenvalue weighted by Gasteiger charge is 1.90. The molecule has 1 radical (unpaired) electrons. The second-order valence-corrected chi connectivity index (χ2v) is 3.16. The van der Waals surface area contributed by atoms with Crippen LogP contribution in [0.15, 0.2) is 28.7 Å². The molecule has 0 aliphatic rings. The summed E-state index contributed by atoms with van der Waals surface area (Å²) in [6, 6.07) is 8.37. The Labute approximate surface area is 70.4 Å². The first-order valence-corrected chi connectivity index (χ1v) is 4.14. The average Bonchev–Trinajstić information content (AvgIpc) is 1.88. The van der Waals surface area contributed by atoms with Crippen molar-refractivity contribution >= 4 is 15.9 Å². The third kappa shape index (κ3) is 2.14. The van der Waals surface area contributed by atoms with Gasteiger partial charge >= 0.3 is 0 Å². The van der Waals surface area contributed by atoms with Gasteiger partial charge in [0.2, 0.25) is 0 Å². The topological polar surface area (TPSA) is 0 Å². The molecular formula is C9H10Br. The van der Waals surface area contributed by atoms with E-state index in [9.17, 15) is 0 Å². The molecule has 53 valence electrons. The van der Waals surface area contributed by atoms with Gasteiger partial charge in [0.15, 0.2) is 0 Å². The van der Waals surface area contributed by atoms with E-state index in [1.807, 2.05) is 6.07 Å². The Morgan fingerprint density at radius 3 is 2.90 bits per heavy atom. The Hall–Kier alpha value is -0.300. The zero-order chi connectivity index (χ0) is 7.40. The van der Waals surface area contributed by atoms with Crippen molar-refractivity contribution in [1.82, 2.24) is 0 Å². The maximum atomic E-state index is 3.42. The van der Waals surface area contributed by atoms with Crippen LogP contribution in [0.2, 0.25) is 0 Å². The van der Waals surface area contributed by atoms with Gasteiger partial charge in [-0.2, -0.15) is 0 Å². The van der Waals surface area contributed by atoms with Crippen LogP contribution in [0, 0.1) is 6.42 Å². The molecule has 0 fully saturated rings. The maximum absolute atomic E-state index is 3.42. The highest BCUT2D eigenvalue weighted by molar-refractivity contribution is 9.10. The van der Waals surface area contributed by atoms with Gasteiger partial charge in [-0.25, -0.2) is 0 Å². The number of rotatable bonds is 2. The number of halogens is 1. The molecule has 0 bridgehead atoms. The largest absolute Gasteiger partial charge is 0.0619 e. The Bertz CT molecular complexity index is 206. The molecular weight excluding hydrogens is 188 g/mol. The van der Waals surface area contributed by atoms with Crippen LogP contribution in [0.5, 0.6) is 0 Å². The Balaban J connectivity index is 2.75. The van der Waals surface area contributed by atoms with Crippen molar-refractivity contribution in [2.45, 2.75) is 13.3 Å². The van der Waals surface area contributed by atoms with Gasteiger partial charge in [-0.1, -0.05) is 35.0 Å². The fraction of sp³-hybridized carbons (Fsp3) is 0.222. The lowest BCUT2D eigenvalue weighted by atomic mass is 10.1. The molecule has 1 aromatic carbocycles. The van der Waals surface area contributed by atoms with Gasteiger partial charge in [-0.3, -0.25) is 0 Å². The molecule has 10 heavy (non-hydrogen) atoms. The van der Waals surface area contributed by atoms with E-state index < -0.39 is 0 Å². The monoisotopic (exact) mass is 197 g/mol. The van der Waals surface area contributed by atoms with E-state index in [4.69, 9.17) is 0 Å². The predicted octanol–water partition coefficient (Wildman–Crippen LogP) is 3.22. The summed E-state index contributed by atoms with van der Waals surface area (Å²) >= 11 is 3.42. The predicted molar refractivity (Wildman–Crippen MR) is 47.8 cm³/mol. The number of hydrogen-bond donors (Lipinski definition) is 0. The summed E-state index contributed by atoms with van der Waals surface area (Å²) in [6.45, 7) is 2.07. The summed E-state index contributed by atoms with van der Waals surface area (Å²) in [7, 11) is 0. The van der Waals surface area contributed by atoms with Gasteiger partial charge in [-0.05, 0) is 30.5 Å². The molecule has 1 aromatic rings. The standard InChI is InChI=1S/C9H10Br/c1-2-4-8-5-3-6-9(10)7-8/h2-3,5-7H,4H2,1H3. The third-order valence-corrected chi connectivity index (χ3v) is 1.82. The van der Waals surface area contributed by atoms with Crippen LogP contribution in [0.25, 0.3) is 0 Å². The minimum atomic E-state index is 1.06. The van der Waals surface area contributed by atoms with Gasteiger partial charge in [0.25, 0.3) is 0 Å². The minimum absolute atomic E-state index is 1.06. The Morgan fingerprint density at radius 1 is 1.50 bits per heavy atom. The van der Waals surface area contributed by atoms with E-state index in [1.165, 1.54) is 5.56 Å². The molecule has 0 unspecified atom stereocenters. The molecule has 0 aliphatic heterocycles. The van der Waals surface area contributed by atoms with E-state index in [-0.39, 0.29) is 0 Å². The van der Waals surface area contributed by atoms with Crippen molar-refractivity contribution in [3.05, 3.63) is 40.7 Å². The normalized spacial score (nSPS) is 9.80. The fourth-order valence-corrected chi connectivity index (χ4v) is 1.35. The first-order chi connectivity index (χ1) is 4.83. The van der Waals surface area contributed by atoms with Gasteiger partial charge in [0, 0.05) is 4.47 Å². The number of benzene rings is 1. The van der Waals surface area contributed by atoms with Crippen molar-refractivity contribution in [2.75, 3.05) is 0 Å². The lowest BCUT2D eigenvalue weighted by molar-refractivity contribution is 1.14. The van der Waals surface area contributed by atoms with Crippen LogP contribution < -0.4 is 0 Å². The Morgan fingerprint density at radius 2 is 2.30 bits per heavy atom. The number of hydrogen-bond acceptors (Lipinski definition) is 0. The summed E-state index contributed by atoms with van der Waals surface area (Å²) in [6.07, 6.45) is 3.21. The highest BCUT2D eigenvalue weighted by atomic mass is 79.9. The molecule has 0 N–H and O–H groups in total. The van der Waals surface area contributed by atoms with Crippen molar-refractivity contribution in [2.24, 2.45) is 0 Å². The lowest BCUT2D eigenvalue weighted by Crippen LogP contribution is -1.81. The third-order valence-electron chi connectivity index (χ3n) is 1.33. The average molecular weight is 198 g/mol. The molecule has 0 atom stereocenters. The summed E-state index contributed by atoms with van der Waals surface area (Å²) in [5.74, 6) is 0. The van der Waals surface area contributed by atoms with Crippen molar-refractivity contribution in [1.29, 1.82) is 0 Å². The second kappa shape index (κ2) is 3.77. The highest BCUT2D eigenvalue weighted by Crippen LogP contribution is 2.12. The fourth-order valence-electron chi connectivity index (χ4n) is 0.900. The molecule has 0 aromatic heterocycles. The van der Waals surface area contributed by atoms with E-state index >= 15 is 0 Å². The summed E-state index contributed by atoms with van der Waals surface area (Å²) in [4.78, 5) is 0. The van der Waals surface area contributed by atoms with Crippen molar-refractivity contribution in [3.63, 3.8) is 0 Å². The van der Waals surface area contributed by atoms with E-state index in [0.29, 0.717) is 0 Å². The molecule has 0 aliphatic carbocycles. The second-order valence-electron chi connectivity index (χ2n) is 2.24. The molecule has 0 saturated carbocycles. The summed E-state index contributed by atoms with van der Waals surface area (Å²) in [5.41, 5.74) is 1.36. The van der Waals surface area contributed by atoms with Gasteiger partial charge in [0.05, 0.1) is 0 Å². The smallest absolute Gasteiger partial charge is 0.0177 e. The van der Waals surface area contributed by atoms with Crippen LogP contribution in [0.1, 0.15) is 12.5 Å².